The molecule has 2 nitrogen and oxygen atoms in total. The van der Waals surface area contributed by atoms with Crippen molar-refractivity contribution in [2.45, 2.75) is 25.9 Å². The molecule has 102 valence electrons. The fraction of sp³-hybridized carbons (Fsp3) is 0.538. The molecule has 0 bridgehead atoms. The predicted molar refractivity (Wildman–Crippen MR) is 75.7 cm³/mol. The minimum Gasteiger partial charge on any atom is -0.327 e. The highest BCUT2D eigenvalue weighted by Gasteiger charge is 2.23. The van der Waals surface area contributed by atoms with E-state index in [1.54, 1.807) is 6.07 Å². The molecule has 2 rings (SSSR count). The van der Waals surface area contributed by atoms with E-state index in [1.807, 2.05) is 0 Å². The number of likely N-dealkylation sites (tertiary alicyclic amines) is 1. The van der Waals surface area contributed by atoms with Crippen LogP contribution in [-0.4, -0.2) is 24.0 Å². The van der Waals surface area contributed by atoms with Crippen LogP contribution in [0.25, 0.3) is 0 Å². The van der Waals surface area contributed by atoms with Gasteiger partial charge in [0, 0.05) is 24.2 Å². The van der Waals surface area contributed by atoms with Crippen LogP contribution in [0.2, 0.25) is 5.02 Å². The molecule has 0 saturated carbocycles. The average Bonchev–Trinajstić information content (AvgIpc) is 2.27. The monoisotopic (exact) mass is 292 g/mol. The fourth-order valence-electron chi connectivity index (χ4n) is 2.28. The van der Waals surface area contributed by atoms with E-state index in [1.165, 1.54) is 12.1 Å². The molecule has 1 heterocycles. The van der Waals surface area contributed by atoms with E-state index in [4.69, 9.17) is 17.3 Å². The number of halogens is 3. The van der Waals surface area contributed by atoms with Crippen molar-refractivity contribution in [3.05, 3.63) is 34.6 Å². The lowest BCUT2D eigenvalue weighted by Gasteiger charge is -2.35. The molecule has 18 heavy (non-hydrogen) atoms. The van der Waals surface area contributed by atoms with Gasteiger partial charge in [0.1, 0.15) is 5.82 Å². The topological polar surface area (TPSA) is 29.3 Å². The minimum atomic E-state index is -0.284. The molecule has 0 radical (unpaired) electrons. The summed E-state index contributed by atoms with van der Waals surface area (Å²) in [6, 6.07) is 4.89. The standard InChI is InChI=1S/C13H18ClFN2.ClH/c1-9-7-17(5-4-13(9)16)8-10-2-3-11(15)6-12(10)14;/h2-3,6,9,13H,4-5,7-8,16H2,1H3;1H. The zero-order valence-corrected chi connectivity index (χ0v) is 12.0. The molecule has 1 aliphatic rings. The van der Waals surface area contributed by atoms with Crippen LogP contribution < -0.4 is 5.73 Å². The Bertz CT molecular complexity index is 401. The molecule has 2 unspecified atom stereocenters. The van der Waals surface area contributed by atoms with Gasteiger partial charge < -0.3 is 5.73 Å². The molecule has 2 atom stereocenters. The van der Waals surface area contributed by atoms with Gasteiger partial charge in [-0.1, -0.05) is 24.6 Å². The van der Waals surface area contributed by atoms with Crippen LogP contribution in [0.3, 0.4) is 0 Å². The van der Waals surface area contributed by atoms with Crippen molar-refractivity contribution < 1.29 is 4.39 Å². The van der Waals surface area contributed by atoms with Gasteiger partial charge in [-0.05, 0) is 36.6 Å². The molecule has 1 fully saturated rings. The van der Waals surface area contributed by atoms with Gasteiger partial charge in [-0.25, -0.2) is 4.39 Å². The van der Waals surface area contributed by atoms with Gasteiger partial charge in [0.2, 0.25) is 0 Å². The van der Waals surface area contributed by atoms with E-state index in [-0.39, 0.29) is 18.2 Å². The number of piperidine rings is 1. The Morgan fingerprint density at radius 3 is 2.83 bits per heavy atom. The zero-order chi connectivity index (χ0) is 12.4. The Balaban J connectivity index is 0.00000162. The van der Waals surface area contributed by atoms with Crippen molar-refractivity contribution >= 4 is 24.0 Å². The molecule has 1 aromatic rings. The molecular weight excluding hydrogens is 274 g/mol. The number of rotatable bonds is 2. The molecule has 0 spiro atoms. The van der Waals surface area contributed by atoms with Crippen LogP contribution in [0.1, 0.15) is 18.9 Å². The highest BCUT2D eigenvalue weighted by molar-refractivity contribution is 6.31. The summed E-state index contributed by atoms with van der Waals surface area (Å²) in [6.07, 6.45) is 1.01. The van der Waals surface area contributed by atoms with Crippen molar-refractivity contribution in [1.29, 1.82) is 0 Å². The summed E-state index contributed by atoms with van der Waals surface area (Å²) in [5, 5.41) is 0.507. The summed E-state index contributed by atoms with van der Waals surface area (Å²) in [5.74, 6) is 0.218. The molecule has 1 saturated heterocycles. The smallest absolute Gasteiger partial charge is 0.124 e. The first-order chi connectivity index (χ1) is 8.06. The summed E-state index contributed by atoms with van der Waals surface area (Å²) in [5.41, 5.74) is 6.96. The van der Waals surface area contributed by atoms with E-state index in [2.05, 4.69) is 11.8 Å². The van der Waals surface area contributed by atoms with Crippen LogP contribution in [0.15, 0.2) is 18.2 Å². The number of hydrogen-bond acceptors (Lipinski definition) is 2. The SMILES string of the molecule is CC1CN(Cc2ccc(F)cc2Cl)CCC1N.Cl. The minimum absolute atomic E-state index is 0. The van der Waals surface area contributed by atoms with Crippen LogP contribution in [0.4, 0.5) is 4.39 Å². The summed E-state index contributed by atoms with van der Waals surface area (Å²) in [4.78, 5) is 2.33. The van der Waals surface area contributed by atoms with Crippen molar-refractivity contribution in [2.75, 3.05) is 13.1 Å². The Labute approximate surface area is 119 Å². The second-order valence-electron chi connectivity index (χ2n) is 4.90. The van der Waals surface area contributed by atoms with Gasteiger partial charge in [0.15, 0.2) is 0 Å². The lowest BCUT2D eigenvalue weighted by Crippen LogP contribution is -2.45. The number of nitrogens with two attached hydrogens (primary N) is 1. The Hall–Kier alpha value is -0.350. The summed E-state index contributed by atoms with van der Waals surface area (Å²) in [6.45, 7) is 4.91. The number of benzene rings is 1. The fourth-order valence-corrected chi connectivity index (χ4v) is 2.51. The first kappa shape index (κ1) is 15.7. The molecular formula is C13H19Cl2FN2. The maximum Gasteiger partial charge on any atom is 0.124 e. The van der Waals surface area contributed by atoms with Gasteiger partial charge >= 0.3 is 0 Å². The maximum atomic E-state index is 12.9. The largest absolute Gasteiger partial charge is 0.327 e. The molecule has 0 aliphatic carbocycles. The molecule has 1 aliphatic heterocycles. The van der Waals surface area contributed by atoms with Gasteiger partial charge in [0.25, 0.3) is 0 Å². The quantitative estimate of drug-likeness (QED) is 0.908. The Morgan fingerprint density at radius 2 is 2.22 bits per heavy atom. The second-order valence-corrected chi connectivity index (χ2v) is 5.31. The molecule has 0 aromatic heterocycles. The van der Waals surface area contributed by atoms with E-state index in [9.17, 15) is 4.39 Å². The van der Waals surface area contributed by atoms with Gasteiger partial charge in [0.05, 0.1) is 0 Å². The number of hydrogen-bond donors (Lipinski definition) is 1. The normalized spacial score (nSPS) is 24.7. The summed E-state index contributed by atoms with van der Waals surface area (Å²) < 4.78 is 12.9. The number of nitrogens with zero attached hydrogens (tertiary/aromatic N) is 1. The van der Waals surface area contributed by atoms with Crippen LogP contribution in [-0.2, 0) is 6.54 Å². The molecule has 2 N–H and O–H groups in total. The summed E-state index contributed by atoms with van der Waals surface area (Å²) in [7, 11) is 0. The van der Waals surface area contributed by atoms with Gasteiger partial charge in [-0.2, -0.15) is 0 Å². The van der Waals surface area contributed by atoms with Gasteiger partial charge in [-0.3, -0.25) is 4.90 Å². The lowest BCUT2D eigenvalue weighted by atomic mass is 9.94. The highest BCUT2D eigenvalue weighted by atomic mass is 35.5. The Morgan fingerprint density at radius 1 is 1.50 bits per heavy atom. The van der Waals surface area contributed by atoms with Gasteiger partial charge in [-0.15, -0.1) is 12.4 Å². The van der Waals surface area contributed by atoms with Crippen LogP contribution >= 0.6 is 24.0 Å². The van der Waals surface area contributed by atoms with E-state index >= 15 is 0 Å². The van der Waals surface area contributed by atoms with Crippen molar-refractivity contribution in [3.8, 4) is 0 Å². The van der Waals surface area contributed by atoms with Crippen molar-refractivity contribution in [2.24, 2.45) is 11.7 Å². The maximum absolute atomic E-state index is 12.9. The average molecular weight is 293 g/mol. The van der Waals surface area contributed by atoms with Crippen molar-refractivity contribution in [3.63, 3.8) is 0 Å². The lowest BCUT2D eigenvalue weighted by molar-refractivity contribution is 0.158. The summed E-state index contributed by atoms with van der Waals surface area (Å²) >= 11 is 6.02. The first-order valence-electron chi connectivity index (χ1n) is 5.98. The second kappa shape index (κ2) is 6.71. The third kappa shape index (κ3) is 3.82. The van der Waals surface area contributed by atoms with Crippen LogP contribution in [0.5, 0.6) is 0 Å². The van der Waals surface area contributed by atoms with E-state index < -0.39 is 0 Å². The highest BCUT2D eigenvalue weighted by Crippen LogP contribution is 2.22. The third-order valence-corrected chi connectivity index (χ3v) is 3.82. The third-order valence-electron chi connectivity index (χ3n) is 3.46. The molecule has 5 heteroatoms. The Kier molecular flexibility index (Phi) is 5.86. The van der Waals surface area contributed by atoms with E-state index in [0.717, 1.165) is 31.6 Å². The molecule has 1 aromatic carbocycles. The van der Waals surface area contributed by atoms with E-state index in [0.29, 0.717) is 17.0 Å². The first-order valence-corrected chi connectivity index (χ1v) is 6.36. The zero-order valence-electron chi connectivity index (χ0n) is 10.4. The predicted octanol–water partition coefficient (Wildman–Crippen LogP) is 3.07. The van der Waals surface area contributed by atoms with Crippen LogP contribution in [0, 0.1) is 11.7 Å². The molecule has 0 amide bonds. The van der Waals surface area contributed by atoms with Crippen molar-refractivity contribution in [1.82, 2.24) is 4.90 Å².